The van der Waals surface area contributed by atoms with Gasteiger partial charge in [0.15, 0.2) is 11.7 Å². The van der Waals surface area contributed by atoms with Crippen LogP contribution in [0.1, 0.15) is 6.92 Å². The highest BCUT2D eigenvalue weighted by Crippen LogP contribution is 2.29. The van der Waals surface area contributed by atoms with Crippen molar-refractivity contribution in [1.29, 1.82) is 0 Å². The maximum atomic E-state index is 13.1. The second kappa shape index (κ2) is 12.0. The summed E-state index contributed by atoms with van der Waals surface area (Å²) in [7, 11) is 1.55. The number of hydrogen-bond donors (Lipinski definition) is 6. The Morgan fingerprint density at radius 2 is 1.44 bits per heavy atom. The highest BCUT2D eigenvalue weighted by Gasteiger charge is 2.47. The summed E-state index contributed by atoms with van der Waals surface area (Å²) in [5, 5.41) is 61.6. The second-order valence-electron chi connectivity index (χ2n) is 10.0. The number of benzene rings is 2. The summed E-state index contributed by atoms with van der Waals surface area (Å²) < 4.78 is 33.1. The molecule has 5 rings (SSSR count). The van der Waals surface area contributed by atoms with Crippen LogP contribution in [0.3, 0.4) is 0 Å². The number of aliphatic hydroxyl groups excluding tert-OH is 6. The number of aliphatic hydroxyl groups is 6. The van der Waals surface area contributed by atoms with Crippen LogP contribution >= 0.6 is 0 Å². The molecule has 2 aromatic carbocycles. The molecule has 2 aliphatic rings. The first-order chi connectivity index (χ1) is 19.6. The van der Waals surface area contributed by atoms with Gasteiger partial charge >= 0.3 is 0 Å². The minimum Gasteiger partial charge on any atom is -0.497 e. The zero-order valence-corrected chi connectivity index (χ0v) is 22.1. The summed E-state index contributed by atoms with van der Waals surface area (Å²) in [4.78, 5) is 13.1. The summed E-state index contributed by atoms with van der Waals surface area (Å²) in [5.41, 5.74) is 0.927. The Kier molecular flexibility index (Phi) is 8.61. The predicted molar refractivity (Wildman–Crippen MR) is 140 cm³/mol. The fraction of sp³-hybridized carbons (Fsp3) is 0.464. The van der Waals surface area contributed by atoms with E-state index in [0.717, 1.165) is 0 Å². The van der Waals surface area contributed by atoms with Gasteiger partial charge in [-0.3, -0.25) is 4.79 Å². The molecule has 13 heteroatoms. The van der Waals surface area contributed by atoms with Gasteiger partial charge in [0.05, 0.1) is 30.8 Å². The first kappa shape index (κ1) is 29.4. The first-order valence-electron chi connectivity index (χ1n) is 13.0. The van der Waals surface area contributed by atoms with E-state index in [1.165, 1.54) is 31.4 Å². The smallest absolute Gasteiger partial charge is 0.229 e. The Morgan fingerprint density at radius 1 is 0.780 bits per heavy atom. The van der Waals surface area contributed by atoms with Gasteiger partial charge in [-0.05, 0) is 36.8 Å². The molecule has 10 atom stereocenters. The SMILES string of the molecule is COc1ccc(-c2coc3cc(O[C@@H]4O[C@H](CO[C@H]5O[C@H](C)[C@@H](O)[C@H](O)[C@@H]5O)[C@@H](O)[C@H](O)[C@H]4O)ccc3c2=O)cc1. The molecule has 6 N–H and O–H groups in total. The lowest BCUT2D eigenvalue weighted by Crippen LogP contribution is -2.61. The molecule has 13 nitrogen and oxygen atoms in total. The average molecular weight is 577 g/mol. The number of fused-ring (bicyclic) bond motifs is 1. The van der Waals surface area contributed by atoms with E-state index in [-0.39, 0.29) is 22.1 Å². The third-order valence-electron chi connectivity index (χ3n) is 7.30. The molecule has 0 bridgehead atoms. The molecule has 2 saturated heterocycles. The summed E-state index contributed by atoms with van der Waals surface area (Å²) in [5.74, 6) is 0.787. The molecule has 2 fully saturated rings. The topological polar surface area (TPSA) is 198 Å². The van der Waals surface area contributed by atoms with Gasteiger partial charge in [0, 0.05) is 6.07 Å². The Labute approximate surface area is 233 Å². The van der Waals surface area contributed by atoms with Crippen molar-refractivity contribution >= 4 is 11.0 Å². The van der Waals surface area contributed by atoms with Crippen LogP contribution in [-0.4, -0.2) is 106 Å². The summed E-state index contributed by atoms with van der Waals surface area (Å²) in [6.07, 6.45) is -12.9. The lowest BCUT2D eigenvalue weighted by molar-refractivity contribution is -0.318. The van der Waals surface area contributed by atoms with Crippen LogP contribution in [0.5, 0.6) is 11.5 Å². The van der Waals surface area contributed by atoms with E-state index in [2.05, 4.69) is 0 Å². The monoisotopic (exact) mass is 576 g/mol. The van der Waals surface area contributed by atoms with E-state index in [1.54, 1.807) is 31.4 Å². The fourth-order valence-electron chi connectivity index (χ4n) is 4.78. The Balaban J connectivity index is 1.29. The van der Waals surface area contributed by atoms with Crippen molar-refractivity contribution in [2.45, 2.75) is 68.3 Å². The minimum absolute atomic E-state index is 0.141. The molecule has 2 aliphatic heterocycles. The Hall–Kier alpha value is -3.11. The molecule has 3 aromatic rings. The standard InChI is InChI=1S/C28H32O13/c1-12-20(29)23(32)25(34)27(39-12)38-11-19-22(31)24(33)26(35)28(41-19)40-15-7-8-16-18(9-15)37-10-17(21(16)30)13-3-5-14(36-2)6-4-13/h3-10,12,19-20,22-29,31-35H,11H2,1-2H3/t12-,19-,20-,22-,23+,24+,25+,26-,27+,28-/m1/s1. The third-order valence-corrected chi connectivity index (χ3v) is 7.30. The van der Waals surface area contributed by atoms with Crippen LogP contribution in [0.15, 0.2) is 57.9 Å². The van der Waals surface area contributed by atoms with Crippen molar-refractivity contribution in [2.24, 2.45) is 0 Å². The van der Waals surface area contributed by atoms with Crippen molar-refractivity contribution in [3.05, 3.63) is 59.0 Å². The van der Waals surface area contributed by atoms with E-state index in [4.69, 9.17) is 28.1 Å². The van der Waals surface area contributed by atoms with Crippen molar-refractivity contribution < 1.29 is 58.7 Å². The van der Waals surface area contributed by atoms with Crippen LogP contribution in [0.25, 0.3) is 22.1 Å². The number of methoxy groups -OCH3 is 1. The normalized spacial score (nSPS) is 34.0. The van der Waals surface area contributed by atoms with Crippen molar-refractivity contribution in [3.8, 4) is 22.6 Å². The van der Waals surface area contributed by atoms with E-state index >= 15 is 0 Å². The molecular weight excluding hydrogens is 544 g/mol. The van der Waals surface area contributed by atoms with E-state index in [1.807, 2.05) is 0 Å². The van der Waals surface area contributed by atoms with Crippen LogP contribution in [-0.2, 0) is 14.2 Å². The van der Waals surface area contributed by atoms with E-state index in [9.17, 15) is 35.4 Å². The summed E-state index contributed by atoms with van der Waals surface area (Å²) in [6, 6.07) is 11.3. The number of rotatable bonds is 7. The molecule has 0 spiro atoms. The average Bonchev–Trinajstić information content (AvgIpc) is 2.98. The second-order valence-corrected chi connectivity index (χ2v) is 10.0. The zero-order valence-electron chi connectivity index (χ0n) is 22.1. The highest BCUT2D eigenvalue weighted by molar-refractivity contribution is 5.82. The highest BCUT2D eigenvalue weighted by atomic mass is 16.7. The molecule has 0 unspecified atom stereocenters. The summed E-state index contributed by atoms with van der Waals surface area (Å²) in [6.45, 7) is 1.06. The van der Waals surface area contributed by atoms with Crippen molar-refractivity contribution in [2.75, 3.05) is 13.7 Å². The van der Waals surface area contributed by atoms with Crippen LogP contribution in [0, 0.1) is 0 Å². The molecule has 0 amide bonds. The van der Waals surface area contributed by atoms with Gasteiger partial charge in [-0.1, -0.05) is 12.1 Å². The Bertz CT molecular complexity index is 1390. The van der Waals surface area contributed by atoms with Crippen LogP contribution < -0.4 is 14.9 Å². The van der Waals surface area contributed by atoms with Gasteiger partial charge in [0.25, 0.3) is 0 Å². The molecular formula is C28H32O13. The first-order valence-corrected chi connectivity index (χ1v) is 13.0. The fourth-order valence-corrected chi connectivity index (χ4v) is 4.78. The molecule has 41 heavy (non-hydrogen) atoms. The molecule has 222 valence electrons. The summed E-state index contributed by atoms with van der Waals surface area (Å²) >= 11 is 0. The van der Waals surface area contributed by atoms with E-state index in [0.29, 0.717) is 16.9 Å². The largest absolute Gasteiger partial charge is 0.497 e. The molecule has 1 aromatic heterocycles. The van der Waals surface area contributed by atoms with Crippen molar-refractivity contribution in [3.63, 3.8) is 0 Å². The lowest BCUT2D eigenvalue weighted by Gasteiger charge is -2.42. The molecule has 0 aliphatic carbocycles. The van der Waals surface area contributed by atoms with Crippen LogP contribution in [0.2, 0.25) is 0 Å². The third kappa shape index (κ3) is 5.81. The number of ether oxygens (including phenoxy) is 5. The molecule has 0 saturated carbocycles. The molecule has 3 heterocycles. The van der Waals surface area contributed by atoms with Gasteiger partial charge in [0.1, 0.15) is 66.1 Å². The van der Waals surface area contributed by atoms with Gasteiger partial charge < -0.3 is 58.7 Å². The molecule has 0 radical (unpaired) electrons. The van der Waals surface area contributed by atoms with E-state index < -0.39 is 68.0 Å². The van der Waals surface area contributed by atoms with Gasteiger partial charge in [-0.25, -0.2) is 0 Å². The minimum atomic E-state index is -1.68. The van der Waals surface area contributed by atoms with Gasteiger partial charge in [0.2, 0.25) is 6.29 Å². The maximum Gasteiger partial charge on any atom is 0.229 e. The quantitative estimate of drug-likeness (QED) is 0.211. The van der Waals surface area contributed by atoms with Crippen molar-refractivity contribution in [1.82, 2.24) is 0 Å². The predicted octanol–water partition coefficient (Wildman–Crippen LogP) is -0.501. The lowest BCUT2D eigenvalue weighted by atomic mass is 9.98. The maximum absolute atomic E-state index is 13.1. The Morgan fingerprint density at radius 3 is 2.15 bits per heavy atom. The van der Waals surface area contributed by atoms with Gasteiger partial charge in [-0.2, -0.15) is 0 Å². The number of hydrogen-bond acceptors (Lipinski definition) is 13. The van der Waals surface area contributed by atoms with Crippen LogP contribution in [0.4, 0.5) is 0 Å². The van der Waals surface area contributed by atoms with Gasteiger partial charge in [-0.15, -0.1) is 0 Å². The zero-order chi connectivity index (χ0) is 29.4.